The zero-order valence-electron chi connectivity index (χ0n) is 8.26. The van der Waals surface area contributed by atoms with Crippen molar-refractivity contribution >= 4 is 11.6 Å². The van der Waals surface area contributed by atoms with Gasteiger partial charge in [0.15, 0.2) is 0 Å². The van der Waals surface area contributed by atoms with Crippen molar-refractivity contribution in [2.75, 3.05) is 13.1 Å². The molecule has 0 aliphatic carbocycles. The number of aliphatic hydroxyl groups is 1. The third kappa shape index (κ3) is 2.14. The van der Waals surface area contributed by atoms with E-state index in [0.717, 1.165) is 13.0 Å². The highest BCUT2D eigenvalue weighted by Crippen LogP contribution is 2.31. The summed E-state index contributed by atoms with van der Waals surface area (Å²) in [6.07, 6.45) is 1.40. The monoisotopic (exact) mass is 229 g/mol. The molecule has 0 saturated carbocycles. The second kappa shape index (κ2) is 4.08. The van der Waals surface area contributed by atoms with E-state index in [1.165, 1.54) is 18.2 Å². The second-order valence-corrected chi connectivity index (χ2v) is 4.37. The van der Waals surface area contributed by atoms with Crippen molar-refractivity contribution in [1.82, 2.24) is 5.32 Å². The maximum Gasteiger partial charge on any atom is 0.129 e. The van der Waals surface area contributed by atoms with E-state index in [1.54, 1.807) is 0 Å². The van der Waals surface area contributed by atoms with Crippen molar-refractivity contribution in [1.29, 1.82) is 0 Å². The lowest BCUT2D eigenvalue weighted by Gasteiger charge is -2.33. The first-order valence-electron chi connectivity index (χ1n) is 5.00. The van der Waals surface area contributed by atoms with Crippen molar-refractivity contribution in [2.24, 2.45) is 0 Å². The van der Waals surface area contributed by atoms with Crippen molar-refractivity contribution in [3.63, 3.8) is 0 Å². The van der Waals surface area contributed by atoms with E-state index in [2.05, 4.69) is 5.32 Å². The van der Waals surface area contributed by atoms with Gasteiger partial charge in [0.2, 0.25) is 0 Å². The summed E-state index contributed by atoms with van der Waals surface area (Å²) in [5, 5.41) is 13.8. The third-order valence-corrected chi connectivity index (χ3v) is 3.03. The van der Waals surface area contributed by atoms with Crippen LogP contribution < -0.4 is 5.32 Å². The van der Waals surface area contributed by atoms with E-state index in [0.29, 0.717) is 23.6 Å². The Morgan fingerprint density at radius 1 is 1.47 bits per heavy atom. The van der Waals surface area contributed by atoms with Crippen LogP contribution in [0.1, 0.15) is 18.4 Å². The van der Waals surface area contributed by atoms with Gasteiger partial charge in [-0.2, -0.15) is 0 Å². The molecule has 2 rings (SSSR count). The molecule has 1 aromatic rings. The molecule has 0 spiro atoms. The number of benzene rings is 1. The smallest absolute Gasteiger partial charge is 0.129 e. The van der Waals surface area contributed by atoms with Crippen molar-refractivity contribution < 1.29 is 9.50 Å². The number of halogens is 2. The van der Waals surface area contributed by atoms with Crippen LogP contribution in [-0.2, 0) is 5.60 Å². The van der Waals surface area contributed by atoms with Gasteiger partial charge in [0.05, 0.1) is 0 Å². The van der Waals surface area contributed by atoms with E-state index in [4.69, 9.17) is 11.6 Å². The van der Waals surface area contributed by atoms with Gasteiger partial charge in [0.1, 0.15) is 11.4 Å². The minimum Gasteiger partial charge on any atom is -0.384 e. The second-order valence-electron chi connectivity index (χ2n) is 3.94. The number of hydrogen-bond acceptors (Lipinski definition) is 2. The van der Waals surface area contributed by atoms with E-state index in [-0.39, 0.29) is 0 Å². The molecule has 15 heavy (non-hydrogen) atoms. The lowest BCUT2D eigenvalue weighted by Crippen LogP contribution is -2.43. The van der Waals surface area contributed by atoms with Gasteiger partial charge in [-0.25, -0.2) is 4.39 Å². The van der Waals surface area contributed by atoms with Crippen molar-refractivity contribution in [2.45, 2.75) is 18.4 Å². The van der Waals surface area contributed by atoms with E-state index in [1.807, 2.05) is 0 Å². The molecule has 1 heterocycles. The number of hydrogen-bond donors (Lipinski definition) is 2. The molecule has 82 valence electrons. The van der Waals surface area contributed by atoms with Crippen LogP contribution in [-0.4, -0.2) is 18.2 Å². The summed E-state index contributed by atoms with van der Waals surface area (Å²) in [6.45, 7) is 1.24. The van der Waals surface area contributed by atoms with Gasteiger partial charge in [-0.1, -0.05) is 11.6 Å². The molecule has 2 nitrogen and oxygen atoms in total. The largest absolute Gasteiger partial charge is 0.384 e. The van der Waals surface area contributed by atoms with Crippen LogP contribution in [0.25, 0.3) is 0 Å². The van der Waals surface area contributed by atoms with E-state index >= 15 is 0 Å². The Morgan fingerprint density at radius 2 is 2.27 bits per heavy atom. The Balaban J connectivity index is 2.38. The molecule has 1 unspecified atom stereocenters. The summed E-state index contributed by atoms with van der Waals surface area (Å²) >= 11 is 5.80. The highest BCUT2D eigenvalue weighted by Gasteiger charge is 2.33. The summed E-state index contributed by atoms with van der Waals surface area (Å²) < 4.78 is 13.6. The Labute approximate surface area is 93.1 Å². The molecule has 1 atom stereocenters. The van der Waals surface area contributed by atoms with Gasteiger partial charge in [-0.3, -0.25) is 0 Å². The first-order chi connectivity index (χ1) is 7.12. The lowest BCUT2D eigenvalue weighted by molar-refractivity contribution is 0.00910. The number of rotatable bonds is 1. The molecular formula is C11H13ClFNO. The van der Waals surface area contributed by atoms with Crippen molar-refractivity contribution in [3.8, 4) is 0 Å². The Hall–Kier alpha value is -0.640. The summed E-state index contributed by atoms with van der Waals surface area (Å²) in [5.74, 6) is -0.398. The fraction of sp³-hybridized carbons (Fsp3) is 0.455. The van der Waals surface area contributed by atoms with Crippen LogP contribution in [0.3, 0.4) is 0 Å². The van der Waals surface area contributed by atoms with Crippen molar-refractivity contribution in [3.05, 3.63) is 34.6 Å². The molecule has 0 amide bonds. The van der Waals surface area contributed by atoms with Crippen LogP contribution in [0.2, 0.25) is 5.02 Å². The molecule has 1 aliphatic heterocycles. The Kier molecular flexibility index (Phi) is 2.96. The maximum absolute atomic E-state index is 13.6. The normalized spacial score (nSPS) is 26.6. The topological polar surface area (TPSA) is 32.3 Å². The molecular weight excluding hydrogens is 217 g/mol. The zero-order valence-corrected chi connectivity index (χ0v) is 9.02. The lowest BCUT2D eigenvalue weighted by atomic mass is 9.86. The summed E-state index contributed by atoms with van der Waals surface area (Å²) in [4.78, 5) is 0. The average molecular weight is 230 g/mol. The number of β-amino-alcohol motifs (C(OH)–C–C–N with tert-alkyl or cyclic N) is 1. The van der Waals surface area contributed by atoms with Crippen LogP contribution in [0, 0.1) is 5.82 Å². The number of piperidine rings is 1. The van der Waals surface area contributed by atoms with Gasteiger partial charge in [0, 0.05) is 17.1 Å². The summed E-state index contributed by atoms with van der Waals surface area (Å²) in [5.41, 5.74) is -0.824. The van der Waals surface area contributed by atoms with Gasteiger partial charge in [-0.05, 0) is 37.6 Å². The Morgan fingerprint density at radius 3 is 2.93 bits per heavy atom. The molecule has 0 radical (unpaired) electrons. The molecule has 0 bridgehead atoms. The number of nitrogens with one attached hydrogen (secondary N) is 1. The summed E-state index contributed by atoms with van der Waals surface area (Å²) in [7, 11) is 0. The maximum atomic E-state index is 13.6. The molecule has 1 aliphatic rings. The quantitative estimate of drug-likeness (QED) is 0.773. The fourth-order valence-corrected chi connectivity index (χ4v) is 2.15. The minimum absolute atomic E-state index is 0.294. The predicted molar refractivity (Wildman–Crippen MR) is 57.4 cm³/mol. The fourth-order valence-electron chi connectivity index (χ4n) is 1.97. The molecule has 4 heteroatoms. The van der Waals surface area contributed by atoms with Crippen LogP contribution in [0.15, 0.2) is 18.2 Å². The van der Waals surface area contributed by atoms with Crippen LogP contribution in [0.5, 0.6) is 0 Å². The average Bonchev–Trinajstić information content (AvgIpc) is 2.23. The molecule has 2 N–H and O–H groups in total. The predicted octanol–water partition coefficient (Wildman–Crippen LogP) is 2.05. The summed E-state index contributed by atoms with van der Waals surface area (Å²) in [6, 6.07) is 4.29. The van der Waals surface area contributed by atoms with E-state index in [9.17, 15) is 9.50 Å². The molecule has 1 aromatic carbocycles. The van der Waals surface area contributed by atoms with E-state index < -0.39 is 11.4 Å². The standard InChI is InChI=1S/C11H13ClFNO/c12-8-2-3-10(13)9(6-8)11(15)4-1-5-14-7-11/h2-3,6,14-15H,1,4-5,7H2. The first kappa shape index (κ1) is 10.9. The molecule has 1 saturated heterocycles. The third-order valence-electron chi connectivity index (χ3n) is 2.79. The zero-order chi connectivity index (χ0) is 10.9. The minimum atomic E-state index is -1.12. The first-order valence-corrected chi connectivity index (χ1v) is 5.38. The van der Waals surface area contributed by atoms with Gasteiger partial charge >= 0.3 is 0 Å². The van der Waals surface area contributed by atoms with Gasteiger partial charge in [-0.15, -0.1) is 0 Å². The molecule has 0 aromatic heterocycles. The Bertz CT molecular complexity index is 364. The van der Waals surface area contributed by atoms with Gasteiger partial charge in [0.25, 0.3) is 0 Å². The van der Waals surface area contributed by atoms with Gasteiger partial charge < -0.3 is 10.4 Å². The highest BCUT2D eigenvalue weighted by atomic mass is 35.5. The highest BCUT2D eigenvalue weighted by molar-refractivity contribution is 6.30. The van der Waals surface area contributed by atoms with Crippen LogP contribution in [0.4, 0.5) is 4.39 Å². The van der Waals surface area contributed by atoms with Crippen LogP contribution >= 0.6 is 11.6 Å². The molecule has 1 fully saturated rings. The SMILES string of the molecule is OC1(c2cc(Cl)ccc2F)CCCNC1.